The van der Waals surface area contributed by atoms with E-state index >= 15 is 0 Å². The zero-order valence-electron chi connectivity index (χ0n) is 16.9. The van der Waals surface area contributed by atoms with Crippen LogP contribution < -0.4 is 11.3 Å². The molecule has 5 rings (SSSR count). The Bertz CT molecular complexity index is 1310. The van der Waals surface area contributed by atoms with E-state index in [1.165, 1.54) is 11.7 Å². The molecule has 4 heterocycles. The van der Waals surface area contributed by atoms with Crippen molar-refractivity contribution in [3.8, 4) is 0 Å². The number of anilines is 1. The average molecular weight is 494 g/mol. The van der Waals surface area contributed by atoms with E-state index in [1.807, 2.05) is 0 Å². The maximum Gasteiger partial charge on any atom is 0.697 e. The quantitative estimate of drug-likeness (QED) is 0.346. The SMILES string of the molecule is COC(=O)c1ccc(Sc2nc3c(=O)[nH]c(N)nc3n2[C@@H]2OC3CO[P+](=O)O[C@H]3C2O)cc1. The molecule has 2 fully saturated rings. The Balaban J connectivity index is 1.57. The average Bonchev–Trinajstić information content (AvgIpc) is 3.31. The van der Waals surface area contributed by atoms with Gasteiger partial charge in [0, 0.05) is 9.46 Å². The summed E-state index contributed by atoms with van der Waals surface area (Å²) >= 11 is 1.15. The first-order chi connectivity index (χ1) is 15.9. The van der Waals surface area contributed by atoms with Gasteiger partial charge in [-0.25, -0.2) is 9.78 Å². The smallest absolute Gasteiger partial charge is 0.465 e. The highest BCUT2D eigenvalue weighted by molar-refractivity contribution is 7.99. The van der Waals surface area contributed by atoms with Gasteiger partial charge in [-0.1, -0.05) is 11.8 Å². The number of ether oxygens (including phenoxy) is 2. The number of nitrogen functional groups attached to an aromatic ring is 1. The van der Waals surface area contributed by atoms with Crippen LogP contribution in [0.5, 0.6) is 0 Å². The standard InChI is InChI=1S/C18H16N5O8PS/c1-28-16(26)7-2-4-8(5-3-7)33-18-20-10-13(21-17(19)22-14(10)25)23(18)15-11(24)12-9(30-15)6-29-32(27)31-12/h2-5,9,11-12,15,24H,6H2,1H3,(H2-,19,21,22,25)/p+1/t9?,11?,12-,15-/m1/s1. The molecular formula is C18H17N5O8PS+. The summed E-state index contributed by atoms with van der Waals surface area (Å²) in [6.07, 6.45) is -3.91. The number of aliphatic hydroxyl groups excluding tert-OH is 1. The number of benzene rings is 1. The van der Waals surface area contributed by atoms with Crippen LogP contribution in [-0.2, 0) is 23.1 Å². The first kappa shape index (κ1) is 21.9. The Labute approximate surface area is 190 Å². The van der Waals surface area contributed by atoms with Crippen LogP contribution >= 0.6 is 20.0 Å². The Morgan fingerprint density at radius 1 is 1.36 bits per heavy atom. The second-order valence-electron chi connectivity index (χ2n) is 7.15. The fourth-order valence-corrected chi connectivity index (χ4v) is 5.32. The van der Waals surface area contributed by atoms with Crippen molar-refractivity contribution in [3.63, 3.8) is 0 Å². The van der Waals surface area contributed by atoms with Gasteiger partial charge in [-0.05, 0) is 24.3 Å². The minimum Gasteiger partial charge on any atom is -0.465 e. The number of aromatic amines is 1. The number of carbonyl (C=O) groups excluding carboxylic acids is 1. The molecule has 2 aliphatic rings. The fraction of sp³-hybridized carbons (Fsp3) is 0.333. The molecule has 33 heavy (non-hydrogen) atoms. The number of rotatable bonds is 4. The Kier molecular flexibility index (Phi) is 5.64. The predicted octanol–water partition coefficient (Wildman–Crippen LogP) is 0.971. The van der Waals surface area contributed by atoms with Crippen molar-refractivity contribution < 1.29 is 33.0 Å². The molecule has 3 unspecified atom stereocenters. The highest BCUT2D eigenvalue weighted by Gasteiger charge is 2.55. The zero-order valence-corrected chi connectivity index (χ0v) is 18.6. The van der Waals surface area contributed by atoms with Crippen LogP contribution in [0.1, 0.15) is 16.6 Å². The van der Waals surface area contributed by atoms with Crippen molar-refractivity contribution in [2.24, 2.45) is 0 Å². The summed E-state index contributed by atoms with van der Waals surface area (Å²) in [5.41, 5.74) is 5.63. The predicted molar refractivity (Wildman–Crippen MR) is 113 cm³/mol. The summed E-state index contributed by atoms with van der Waals surface area (Å²) in [5.74, 6) is -0.615. The molecule has 15 heteroatoms. The van der Waals surface area contributed by atoms with Crippen molar-refractivity contribution in [3.05, 3.63) is 40.2 Å². The molecule has 0 aliphatic carbocycles. The maximum atomic E-state index is 12.5. The van der Waals surface area contributed by atoms with E-state index in [4.69, 9.17) is 24.3 Å². The Morgan fingerprint density at radius 2 is 2.12 bits per heavy atom. The molecular weight excluding hydrogens is 477 g/mol. The summed E-state index contributed by atoms with van der Waals surface area (Å²) in [7, 11) is -1.09. The van der Waals surface area contributed by atoms with Crippen LogP contribution in [0, 0.1) is 0 Å². The third-order valence-electron chi connectivity index (χ3n) is 5.14. The summed E-state index contributed by atoms with van der Waals surface area (Å²) in [5, 5.41) is 11.2. The summed E-state index contributed by atoms with van der Waals surface area (Å²) < 4.78 is 34.0. The van der Waals surface area contributed by atoms with E-state index in [9.17, 15) is 19.3 Å². The molecule has 172 valence electrons. The van der Waals surface area contributed by atoms with Gasteiger partial charge < -0.3 is 20.3 Å². The molecule has 13 nitrogen and oxygen atoms in total. The van der Waals surface area contributed by atoms with E-state index in [2.05, 4.69) is 15.0 Å². The number of nitrogens with two attached hydrogens (primary N) is 1. The number of fused-ring (bicyclic) bond motifs is 2. The molecule has 0 spiro atoms. The van der Waals surface area contributed by atoms with E-state index < -0.39 is 44.3 Å². The first-order valence-electron chi connectivity index (χ1n) is 9.60. The number of esters is 1. The molecule has 4 N–H and O–H groups in total. The number of H-pyrrole nitrogens is 1. The number of nitrogens with zero attached hydrogens (tertiary/aromatic N) is 3. The molecule has 0 radical (unpaired) electrons. The third-order valence-corrected chi connectivity index (χ3v) is 6.89. The van der Waals surface area contributed by atoms with Crippen molar-refractivity contribution in [1.29, 1.82) is 0 Å². The highest BCUT2D eigenvalue weighted by Crippen LogP contribution is 2.44. The second-order valence-corrected chi connectivity index (χ2v) is 9.11. The number of methoxy groups -OCH3 is 1. The number of carbonyl (C=O) groups is 1. The molecule has 2 aliphatic heterocycles. The first-order valence-corrected chi connectivity index (χ1v) is 11.5. The van der Waals surface area contributed by atoms with Gasteiger partial charge in [0.05, 0.1) is 12.7 Å². The van der Waals surface area contributed by atoms with Gasteiger partial charge in [-0.15, -0.1) is 9.05 Å². The van der Waals surface area contributed by atoms with Crippen LogP contribution in [-0.4, -0.2) is 62.6 Å². The number of hydrogen-bond donors (Lipinski definition) is 3. The lowest BCUT2D eigenvalue weighted by Gasteiger charge is -2.18. The van der Waals surface area contributed by atoms with Gasteiger partial charge in [0.15, 0.2) is 28.7 Å². The molecule has 5 atom stereocenters. The largest absolute Gasteiger partial charge is 0.697 e. The summed E-state index contributed by atoms with van der Waals surface area (Å²) in [4.78, 5) is 35.8. The zero-order chi connectivity index (χ0) is 23.3. The molecule has 1 aromatic carbocycles. The van der Waals surface area contributed by atoms with Gasteiger partial charge in [0.25, 0.3) is 5.56 Å². The number of aromatic nitrogens is 4. The second kappa shape index (κ2) is 8.48. The lowest BCUT2D eigenvalue weighted by Crippen LogP contribution is -2.37. The van der Waals surface area contributed by atoms with E-state index in [0.29, 0.717) is 10.5 Å². The Morgan fingerprint density at radius 3 is 2.85 bits per heavy atom. The normalized spacial score (nSPS) is 25.8. The third kappa shape index (κ3) is 3.90. The minimum absolute atomic E-state index is 0.00759. The van der Waals surface area contributed by atoms with E-state index in [0.717, 1.165) is 11.8 Å². The Hall–Kier alpha value is -2.87. The molecule has 0 saturated carbocycles. The van der Waals surface area contributed by atoms with Gasteiger partial charge in [-0.3, -0.25) is 14.3 Å². The lowest BCUT2D eigenvalue weighted by molar-refractivity contribution is -0.0583. The fourth-order valence-electron chi connectivity index (χ4n) is 3.63. The lowest BCUT2D eigenvalue weighted by atomic mass is 10.1. The van der Waals surface area contributed by atoms with Crippen LogP contribution in [0.2, 0.25) is 0 Å². The number of nitrogens with one attached hydrogen (secondary N) is 1. The number of hydrogen-bond acceptors (Lipinski definition) is 12. The van der Waals surface area contributed by atoms with Gasteiger partial charge in [0.2, 0.25) is 5.95 Å². The highest BCUT2D eigenvalue weighted by atomic mass is 32.2. The van der Waals surface area contributed by atoms with E-state index in [1.54, 1.807) is 24.3 Å². The van der Waals surface area contributed by atoms with Crippen LogP contribution in [0.3, 0.4) is 0 Å². The molecule has 2 aromatic heterocycles. The van der Waals surface area contributed by atoms with Crippen LogP contribution in [0.15, 0.2) is 39.1 Å². The summed E-state index contributed by atoms with van der Waals surface area (Å²) in [6, 6.07) is 6.53. The topological polar surface area (TPSA) is 181 Å². The number of imidazole rings is 1. The molecule has 0 bridgehead atoms. The minimum atomic E-state index is -2.38. The van der Waals surface area contributed by atoms with E-state index in [-0.39, 0.29) is 28.9 Å². The van der Waals surface area contributed by atoms with Crippen molar-refractivity contribution in [1.82, 2.24) is 19.5 Å². The van der Waals surface area contributed by atoms with Crippen molar-refractivity contribution in [2.45, 2.75) is 34.6 Å². The monoisotopic (exact) mass is 494 g/mol. The van der Waals surface area contributed by atoms with Crippen molar-refractivity contribution >= 4 is 43.1 Å². The van der Waals surface area contributed by atoms with Gasteiger partial charge in [0.1, 0.15) is 18.8 Å². The van der Waals surface area contributed by atoms with Crippen molar-refractivity contribution in [2.75, 3.05) is 19.5 Å². The van der Waals surface area contributed by atoms with Gasteiger partial charge >= 0.3 is 14.2 Å². The van der Waals surface area contributed by atoms with Crippen LogP contribution in [0.25, 0.3) is 11.2 Å². The molecule has 0 amide bonds. The number of aliphatic hydroxyl groups is 1. The van der Waals surface area contributed by atoms with Gasteiger partial charge in [-0.2, -0.15) is 4.98 Å². The molecule has 3 aromatic rings. The van der Waals surface area contributed by atoms with Crippen LogP contribution in [0.4, 0.5) is 5.95 Å². The molecule has 2 saturated heterocycles. The summed E-state index contributed by atoms with van der Waals surface area (Å²) in [6.45, 7) is -0.0341. The maximum absolute atomic E-state index is 12.5.